The number of hydrogen-bond donors (Lipinski definition) is 3. The number of benzene rings is 1. The Morgan fingerprint density at radius 3 is 2.78 bits per heavy atom. The van der Waals surface area contributed by atoms with E-state index in [9.17, 15) is 5.11 Å². The zero-order chi connectivity index (χ0) is 19.1. The van der Waals surface area contributed by atoms with Gasteiger partial charge in [0.05, 0.1) is 19.4 Å². The Bertz CT molecular complexity index is 740. The molecule has 0 aliphatic carbocycles. The summed E-state index contributed by atoms with van der Waals surface area (Å²) in [7, 11) is 3.34. The van der Waals surface area contributed by atoms with Gasteiger partial charge in [-0.2, -0.15) is 0 Å². The summed E-state index contributed by atoms with van der Waals surface area (Å²) in [5.74, 6) is 2.57. The van der Waals surface area contributed by atoms with E-state index in [1.807, 2.05) is 18.2 Å². The molecule has 1 aliphatic heterocycles. The Balaban J connectivity index is 1.59. The Morgan fingerprint density at radius 2 is 2.11 bits per heavy atom. The number of methoxy groups -OCH3 is 1. The lowest BCUT2D eigenvalue weighted by Crippen LogP contribution is -2.42. The first-order chi connectivity index (χ1) is 13.2. The molecular weight excluding hydrogens is 344 g/mol. The zero-order valence-electron chi connectivity index (χ0n) is 15.9. The van der Waals surface area contributed by atoms with Crippen molar-refractivity contribution >= 4 is 5.96 Å². The van der Waals surface area contributed by atoms with Crippen LogP contribution in [0.2, 0.25) is 0 Å². The van der Waals surface area contributed by atoms with E-state index in [-0.39, 0.29) is 11.8 Å². The maximum absolute atomic E-state index is 10.0. The molecule has 3 N–H and O–H groups in total. The Labute approximate surface area is 160 Å². The van der Waals surface area contributed by atoms with Crippen molar-refractivity contribution in [3.8, 4) is 11.5 Å². The largest absolute Gasteiger partial charge is 0.508 e. The number of rotatable bonds is 7. The quantitative estimate of drug-likeness (QED) is 0.512. The van der Waals surface area contributed by atoms with Crippen molar-refractivity contribution in [1.29, 1.82) is 0 Å². The average Bonchev–Trinajstić information content (AvgIpc) is 3.40. The molecule has 1 atom stereocenters. The van der Waals surface area contributed by atoms with E-state index >= 15 is 0 Å². The first-order valence-electron chi connectivity index (χ1n) is 9.29. The van der Waals surface area contributed by atoms with E-state index in [4.69, 9.17) is 9.15 Å². The molecule has 1 saturated heterocycles. The molecule has 0 radical (unpaired) electrons. The number of likely N-dealkylation sites (tertiary alicyclic amines) is 1. The minimum absolute atomic E-state index is 0.172. The van der Waals surface area contributed by atoms with Crippen molar-refractivity contribution in [3.05, 3.63) is 47.9 Å². The molecule has 1 aromatic heterocycles. The normalized spacial score (nSPS) is 16.3. The van der Waals surface area contributed by atoms with E-state index in [2.05, 4.69) is 20.5 Å². The number of aromatic hydroxyl groups is 1. The standard InChI is InChI=1S/C20H28N4O3/c1-21-20(22-13-15-12-16(26-2)7-8-18(15)25)23-14-17(19-6-5-11-27-19)24-9-3-4-10-24/h5-8,11-12,17,25H,3-4,9-10,13-14H2,1-2H3,(H2,21,22,23). The number of nitrogens with one attached hydrogen (secondary N) is 2. The average molecular weight is 372 g/mol. The maximum Gasteiger partial charge on any atom is 0.191 e. The van der Waals surface area contributed by atoms with Gasteiger partial charge in [-0.15, -0.1) is 0 Å². The summed E-state index contributed by atoms with van der Waals surface area (Å²) in [6.07, 6.45) is 4.16. The highest BCUT2D eigenvalue weighted by Gasteiger charge is 2.25. The molecule has 1 aliphatic rings. The molecule has 7 nitrogen and oxygen atoms in total. The summed E-state index contributed by atoms with van der Waals surface area (Å²) in [4.78, 5) is 6.73. The fourth-order valence-electron chi connectivity index (χ4n) is 3.37. The molecule has 1 aromatic carbocycles. The monoisotopic (exact) mass is 372 g/mol. The Kier molecular flexibility index (Phi) is 6.59. The van der Waals surface area contributed by atoms with Gasteiger partial charge in [-0.25, -0.2) is 0 Å². The topological polar surface area (TPSA) is 82.3 Å². The lowest BCUT2D eigenvalue weighted by atomic mass is 10.2. The van der Waals surface area contributed by atoms with Gasteiger partial charge in [-0.05, 0) is 56.3 Å². The van der Waals surface area contributed by atoms with Gasteiger partial charge in [0.2, 0.25) is 0 Å². The summed E-state index contributed by atoms with van der Waals surface area (Å²) in [6.45, 7) is 3.29. The van der Waals surface area contributed by atoms with E-state index in [1.54, 1.807) is 32.6 Å². The van der Waals surface area contributed by atoms with Gasteiger partial charge in [0.15, 0.2) is 5.96 Å². The van der Waals surface area contributed by atoms with E-state index in [0.717, 1.165) is 24.4 Å². The fraction of sp³-hybridized carbons (Fsp3) is 0.450. The summed E-state index contributed by atoms with van der Waals surface area (Å²) in [5, 5.41) is 16.6. The van der Waals surface area contributed by atoms with Gasteiger partial charge in [-0.1, -0.05) is 0 Å². The third-order valence-corrected chi connectivity index (χ3v) is 4.87. The molecule has 3 rings (SSSR count). The molecule has 146 valence electrons. The van der Waals surface area contributed by atoms with E-state index in [1.165, 1.54) is 12.8 Å². The zero-order valence-corrected chi connectivity index (χ0v) is 15.9. The number of hydrogen-bond acceptors (Lipinski definition) is 5. The van der Waals surface area contributed by atoms with Crippen LogP contribution in [0.5, 0.6) is 11.5 Å². The van der Waals surface area contributed by atoms with Crippen molar-refractivity contribution in [2.75, 3.05) is 33.8 Å². The summed E-state index contributed by atoms with van der Waals surface area (Å²) >= 11 is 0. The van der Waals surface area contributed by atoms with Crippen LogP contribution in [0.25, 0.3) is 0 Å². The fourth-order valence-corrected chi connectivity index (χ4v) is 3.37. The highest BCUT2D eigenvalue weighted by atomic mass is 16.5. The van der Waals surface area contributed by atoms with Crippen molar-refractivity contribution in [1.82, 2.24) is 15.5 Å². The van der Waals surface area contributed by atoms with Crippen LogP contribution in [0.3, 0.4) is 0 Å². The highest BCUT2D eigenvalue weighted by Crippen LogP contribution is 2.25. The number of nitrogens with zero attached hydrogens (tertiary/aromatic N) is 2. The molecule has 2 aromatic rings. The minimum atomic E-state index is 0.172. The predicted molar refractivity (Wildman–Crippen MR) is 105 cm³/mol. The van der Waals surface area contributed by atoms with Crippen molar-refractivity contribution < 1.29 is 14.3 Å². The lowest BCUT2D eigenvalue weighted by Gasteiger charge is -2.26. The minimum Gasteiger partial charge on any atom is -0.508 e. The van der Waals surface area contributed by atoms with Gasteiger partial charge in [0, 0.05) is 25.7 Å². The van der Waals surface area contributed by atoms with Gasteiger partial charge >= 0.3 is 0 Å². The first kappa shape index (κ1) is 19.1. The second-order valence-electron chi connectivity index (χ2n) is 6.58. The molecule has 1 unspecified atom stereocenters. The molecule has 0 amide bonds. The highest BCUT2D eigenvalue weighted by molar-refractivity contribution is 5.79. The third-order valence-electron chi connectivity index (χ3n) is 4.87. The van der Waals surface area contributed by atoms with Crippen LogP contribution in [0, 0.1) is 0 Å². The van der Waals surface area contributed by atoms with Crippen LogP contribution in [0.4, 0.5) is 0 Å². The lowest BCUT2D eigenvalue weighted by molar-refractivity contribution is 0.215. The second-order valence-corrected chi connectivity index (χ2v) is 6.58. The maximum atomic E-state index is 10.0. The van der Waals surface area contributed by atoms with Crippen LogP contribution >= 0.6 is 0 Å². The number of guanidine groups is 1. The molecule has 0 spiro atoms. The number of aliphatic imine (C=N–C) groups is 1. The van der Waals surface area contributed by atoms with Crippen LogP contribution in [0.1, 0.15) is 30.2 Å². The van der Waals surface area contributed by atoms with Crippen molar-refractivity contribution in [2.24, 2.45) is 4.99 Å². The SMILES string of the molecule is CN=C(NCc1cc(OC)ccc1O)NCC(c1ccco1)N1CCCC1. The number of furan rings is 1. The summed E-state index contributed by atoms with van der Waals surface area (Å²) in [5.41, 5.74) is 0.749. The van der Waals surface area contributed by atoms with Crippen LogP contribution in [-0.4, -0.2) is 49.8 Å². The third kappa shape index (κ3) is 4.95. The Hall–Kier alpha value is -2.67. The second kappa shape index (κ2) is 9.32. The van der Waals surface area contributed by atoms with E-state index < -0.39 is 0 Å². The van der Waals surface area contributed by atoms with Crippen molar-refractivity contribution in [2.45, 2.75) is 25.4 Å². The van der Waals surface area contributed by atoms with Gasteiger partial charge < -0.3 is 24.9 Å². The molecule has 0 bridgehead atoms. The van der Waals surface area contributed by atoms with Crippen LogP contribution < -0.4 is 15.4 Å². The Morgan fingerprint density at radius 1 is 1.30 bits per heavy atom. The molecular formula is C20H28N4O3. The number of phenols is 1. The molecule has 7 heteroatoms. The number of ether oxygens (including phenoxy) is 1. The van der Waals surface area contributed by atoms with E-state index in [0.29, 0.717) is 24.8 Å². The van der Waals surface area contributed by atoms with Gasteiger partial charge in [0.1, 0.15) is 17.3 Å². The van der Waals surface area contributed by atoms with Crippen molar-refractivity contribution in [3.63, 3.8) is 0 Å². The van der Waals surface area contributed by atoms with Gasteiger partial charge in [-0.3, -0.25) is 9.89 Å². The predicted octanol–water partition coefficient (Wildman–Crippen LogP) is 2.50. The first-order valence-corrected chi connectivity index (χ1v) is 9.29. The number of phenolic OH excluding ortho intramolecular Hbond substituents is 1. The van der Waals surface area contributed by atoms with Crippen LogP contribution in [0.15, 0.2) is 46.0 Å². The molecule has 0 saturated carbocycles. The molecule has 1 fully saturated rings. The van der Waals surface area contributed by atoms with Crippen LogP contribution in [-0.2, 0) is 6.54 Å². The smallest absolute Gasteiger partial charge is 0.191 e. The summed E-state index contributed by atoms with van der Waals surface area (Å²) < 4.78 is 10.9. The summed E-state index contributed by atoms with van der Waals surface area (Å²) in [6, 6.07) is 9.30. The molecule has 27 heavy (non-hydrogen) atoms. The molecule has 2 heterocycles. The van der Waals surface area contributed by atoms with Gasteiger partial charge in [0.25, 0.3) is 0 Å².